The SMILES string of the molecule is Cc1ccc(CN)cc1NC(=O)C(F)(F)C(F)(F)F. The van der Waals surface area contributed by atoms with Gasteiger partial charge in [-0.3, -0.25) is 4.79 Å². The number of carbonyl (C=O) groups is 1. The van der Waals surface area contributed by atoms with Crippen LogP contribution in [0.15, 0.2) is 18.2 Å². The molecule has 106 valence electrons. The average Bonchev–Trinajstić information content (AvgIpc) is 2.30. The highest BCUT2D eigenvalue weighted by Gasteiger charge is 2.63. The molecule has 0 aromatic heterocycles. The van der Waals surface area contributed by atoms with Crippen molar-refractivity contribution in [3.05, 3.63) is 29.3 Å². The van der Waals surface area contributed by atoms with Gasteiger partial charge in [-0.05, 0) is 24.1 Å². The van der Waals surface area contributed by atoms with Crippen molar-refractivity contribution in [3.63, 3.8) is 0 Å². The number of nitrogens with two attached hydrogens (primary N) is 1. The summed E-state index contributed by atoms with van der Waals surface area (Å²) in [4.78, 5) is 11.0. The second kappa shape index (κ2) is 5.12. The summed E-state index contributed by atoms with van der Waals surface area (Å²) in [6.07, 6.45) is -5.93. The molecular formula is C11H11F5N2O. The molecule has 0 spiro atoms. The summed E-state index contributed by atoms with van der Waals surface area (Å²) in [6.45, 7) is 1.53. The average molecular weight is 282 g/mol. The van der Waals surface area contributed by atoms with Gasteiger partial charge in [0.2, 0.25) is 0 Å². The summed E-state index contributed by atoms with van der Waals surface area (Å²) < 4.78 is 61.5. The van der Waals surface area contributed by atoms with Crippen LogP contribution >= 0.6 is 0 Å². The lowest BCUT2D eigenvalue weighted by Gasteiger charge is -2.19. The molecular weight excluding hydrogens is 271 g/mol. The van der Waals surface area contributed by atoms with E-state index in [0.717, 1.165) is 0 Å². The number of nitrogens with one attached hydrogen (secondary N) is 1. The number of carbonyl (C=O) groups excluding carboxylic acids is 1. The Hall–Kier alpha value is -1.70. The Labute approximate surface area is 105 Å². The zero-order chi connectivity index (χ0) is 14.8. The third kappa shape index (κ3) is 3.19. The zero-order valence-corrected chi connectivity index (χ0v) is 9.81. The van der Waals surface area contributed by atoms with Crippen molar-refractivity contribution in [1.82, 2.24) is 0 Å². The molecule has 19 heavy (non-hydrogen) atoms. The van der Waals surface area contributed by atoms with Gasteiger partial charge in [0.1, 0.15) is 0 Å². The topological polar surface area (TPSA) is 55.1 Å². The molecule has 0 radical (unpaired) electrons. The Bertz CT molecular complexity index is 484. The number of anilines is 1. The molecule has 0 aliphatic rings. The van der Waals surface area contributed by atoms with E-state index in [1.54, 1.807) is 11.4 Å². The molecule has 3 N–H and O–H groups in total. The molecule has 3 nitrogen and oxygen atoms in total. The molecule has 1 aromatic carbocycles. The highest BCUT2D eigenvalue weighted by molar-refractivity contribution is 5.97. The quantitative estimate of drug-likeness (QED) is 0.837. The van der Waals surface area contributed by atoms with Gasteiger partial charge >= 0.3 is 18.0 Å². The minimum atomic E-state index is -5.93. The Morgan fingerprint density at radius 3 is 2.32 bits per heavy atom. The van der Waals surface area contributed by atoms with E-state index >= 15 is 0 Å². The maximum absolute atomic E-state index is 12.8. The van der Waals surface area contributed by atoms with Crippen LogP contribution in [0.3, 0.4) is 0 Å². The van der Waals surface area contributed by atoms with Crippen LogP contribution in [0.1, 0.15) is 11.1 Å². The number of alkyl halides is 5. The summed E-state index contributed by atoms with van der Waals surface area (Å²) >= 11 is 0. The van der Waals surface area contributed by atoms with Gasteiger partial charge in [-0.2, -0.15) is 22.0 Å². The number of rotatable bonds is 3. The lowest BCUT2D eigenvalue weighted by Crippen LogP contribution is -2.47. The molecule has 0 aliphatic carbocycles. The van der Waals surface area contributed by atoms with Crippen molar-refractivity contribution in [1.29, 1.82) is 0 Å². The highest BCUT2D eigenvalue weighted by Crippen LogP contribution is 2.36. The highest BCUT2D eigenvalue weighted by atomic mass is 19.4. The van der Waals surface area contributed by atoms with Crippen LogP contribution < -0.4 is 11.1 Å². The Balaban J connectivity index is 3.00. The van der Waals surface area contributed by atoms with Gasteiger partial charge in [0.15, 0.2) is 0 Å². The van der Waals surface area contributed by atoms with E-state index < -0.39 is 18.0 Å². The molecule has 0 saturated carbocycles. The maximum atomic E-state index is 12.8. The van der Waals surface area contributed by atoms with Crippen LogP contribution in [-0.4, -0.2) is 18.0 Å². The predicted octanol–water partition coefficient (Wildman–Crippen LogP) is 2.59. The first-order valence-corrected chi connectivity index (χ1v) is 5.15. The molecule has 8 heteroatoms. The van der Waals surface area contributed by atoms with Crippen LogP contribution in [0.5, 0.6) is 0 Å². The number of halogens is 5. The molecule has 0 bridgehead atoms. The van der Waals surface area contributed by atoms with Crippen molar-refractivity contribution in [2.75, 3.05) is 5.32 Å². The minimum Gasteiger partial charge on any atom is -0.326 e. The van der Waals surface area contributed by atoms with Crippen molar-refractivity contribution >= 4 is 11.6 Å². The third-order valence-corrected chi connectivity index (χ3v) is 2.43. The number of amides is 1. The normalized spacial score (nSPS) is 12.4. The van der Waals surface area contributed by atoms with E-state index in [0.29, 0.717) is 11.1 Å². The lowest BCUT2D eigenvalue weighted by molar-refractivity contribution is -0.267. The van der Waals surface area contributed by atoms with Gasteiger partial charge in [0, 0.05) is 12.2 Å². The summed E-state index contributed by atoms with van der Waals surface area (Å²) in [5.41, 5.74) is 6.03. The van der Waals surface area contributed by atoms with Crippen LogP contribution in [-0.2, 0) is 11.3 Å². The van der Waals surface area contributed by atoms with Crippen LogP contribution in [0, 0.1) is 6.92 Å². The maximum Gasteiger partial charge on any atom is 0.463 e. The first kappa shape index (κ1) is 15.4. The largest absolute Gasteiger partial charge is 0.463 e. The smallest absolute Gasteiger partial charge is 0.326 e. The van der Waals surface area contributed by atoms with Crippen molar-refractivity contribution in [2.45, 2.75) is 25.6 Å². The molecule has 0 aliphatic heterocycles. The monoisotopic (exact) mass is 282 g/mol. The van der Waals surface area contributed by atoms with Crippen LogP contribution in [0.4, 0.5) is 27.6 Å². The molecule has 1 amide bonds. The number of benzene rings is 1. The van der Waals surface area contributed by atoms with Gasteiger partial charge in [0.25, 0.3) is 0 Å². The summed E-state index contributed by atoms with van der Waals surface area (Å²) in [6, 6.07) is 4.29. The van der Waals surface area contributed by atoms with E-state index in [2.05, 4.69) is 0 Å². The van der Waals surface area contributed by atoms with Crippen LogP contribution in [0.25, 0.3) is 0 Å². The second-order valence-corrected chi connectivity index (χ2v) is 3.88. The van der Waals surface area contributed by atoms with Crippen LogP contribution in [0.2, 0.25) is 0 Å². The fraction of sp³-hybridized carbons (Fsp3) is 0.364. The fourth-order valence-electron chi connectivity index (χ4n) is 1.26. The van der Waals surface area contributed by atoms with Crippen molar-refractivity contribution < 1.29 is 26.7 Å². The minimum absolute atomic E-state index is 0.0683. The van der Waals surface area contributed by atoms with Gasteiger partial charge in [0.05, 0.1) is 0 Å². The molecule has 0 heterocycles. The Morgan fingerprint density at radius 2 is 1.84 bits per heavy atom. The van der Waals surface area contributed by atoms with Gasteiger partial charge in [-0.25, -0.2) is 0 Å². The first-order chi connectivity index (χ1) is 8.59. The Morgan fingerprint density at radius 1 is 1.26 bits per heavy atom. The van der Waals surface area contributed by atoms with E-state index in [-0.39, 0.29) is 12.2 Å². The molecule has 0 unspecified atom stereocenters. The van der Waals surface area contributed by atoms with E-state index in [1.807, 2.05) is 0 Å². The number of hydrogen-bond donors (Lipinski definition) is 2. The van der Waals surface area contributed by atoms with Gasteiger partial charge in [-0.1, -0.05) is 12.1 Å². The van der Waals surface area contributed by atoms with E-state index in [1.165, 1.54) is 19.1 Å². The standard InChI is InChI=1S/C11H11F5N2O/c1-6-2-3-7(5-17)4-8(6)18-9(19)10(12,13)11(14,15)16/h2-4H,5,17H2,1H3,(H,18,19). The molecule has 1 rings (SSSR count). The summed E-state index contributed by atoms with van der Waals surface area (Å²) in [7, 11) is 0. The molecule has 0 saturated heterocycles. The third-order valence-electron chi connectivity index (χ3n) is 2.43. The van der Waals surface area contributed by atoms with Gasteiger partial charge in [-0.15, -0.1) is 0 Å². The molecule has 0 fully saturated rings. The molecule has 1 aromatic rings. The van der Waals surface area contributed by atoms with E-state index in [9.17, 15) is 26.7 Å². The first-order valence-electron chi connectivity index (χ1n) is 5.15. The van der Waals surface area contributed by atoms with Crippen molar-refractivity contribution in [2.24, 2.45) is 5.73 Å². The number of aryl methyl sites for hydroxylation is 1. The molecule has 0 atom stereocenters. The summed E-state index contributed by atoms with van der Waals surface area (Å²) in [5.74, 6) is -7.87. The predicted molar refractivity (Wildman–Crippen MR) is 58.7 cm³/mol. The van der Waals surface area contributed by atoms with Crippen molar-refractivity contribution in [3.8, 4) is 0 Å². The Kier molecular flexibility index (Phi) is 4.14. The second-order valence-electron chi connectivity index (χ2n) is 3.88. The lowest BCUT2D eigenvalue weighted by atomic mass is 10.1. The fourth-order valence-corrected chi connectivity index (χ4v) is 1.26. The van der Waals surface area contributed by atoms with Gasteiger partial charge < -0.3 is 11.1 Å². The number of hydrogen-bond acceptors (Lipinski definition) is 2. The van der Waals surface area contributed by atoms with E-state index in [4.69, 9.17) is 5.73 Å². The summed E-state index contributed by atoms with van der Waals surface area (Å²) in [5, 5.41) is 1.57. The zero-order valence-electron chi connectivity index (χ0n) is 9.81.